The summed E-state index contributed by atoms with van der Waals surface area (Å²) in [5, 5.41) is 9.88. The van der Waals surface area contributed by atoms with Crippen LogP contribution >= 0.6 is 0 Å². The normalized spacial score (nSPS) is 21.8. The molecule has 6 heteroatoms. The third kappa shape index (κ3) is 5.02. The summed E-state index contributed by atoms with van der Waals surface area (Å²) in [7, 11) is 0. The number of hydrogen-bond acceptors (Lipinski definition) is 6. The molecule has 28 heavy (non-hydrogen) atoms. The number of hydrogen-bond donors (Lipinski definition) is 1. The van der Waals surface area contributed by atoms with Crippen LogP contribution in [0.3, 0.4) is 0 Å². The molecule has 1 N–H and O–H groups in total. The number of ether oxygens (including phenoxy) is 5. The van der Waals surface area contributed by atoms with Crippen LogP contribution in [0.5, 0.6) is 11.5 Å². The molecule has 0 aliphatic carbocycles. The molecule has 0 saturated carbocycles. The fourth-order valence-corrected chi connectivity index (χ4v) is 2.94. The molecule has 0 bridgehead atoms. The zero-order valence-corrected chi connectivity index (χ0v) is 16.2. The van der Waals surface area contributed by atoms with Gasteiger partial charge in [-0.1, -0.05) is 38.1 Å². The maximum absolute atomic E-state index is 9.88. The Morgan fingerprint density at radius 3 is 1.96 bits per heavy atom. The van der Waals surface area contributed by atoms with Crippen LogP contribution in [0.2, 0.25) is 0 Å². The van der Waals surface area contributed by atoms with Gasteiger partial charge in [-0.25, -0.2) is 0 Å². The average Bonchev–Trinajstić information content (AvgIpc) is 3.61. The first-order chi connectivity index (χ1) is 13.5. The van der Waals surface area contributed by atoms with Gasteiger partial charge in [0.15, 0.2) is 6.29 Å². The predicted molar refractivity (Wildman–Crippen MR) is 103 cm³/mol. The highest BCUT2D eigenvalue weighted by Crippen LogP contribution is 2.33. The van der Waals surface area contributed by atoms with Crippen molar-refractivity contribution in [1.82, 2.24) is 0 Å². The molecule has 0 amide bonds. The SMILES string of the molecule is CC(C)(c1ccc(OCC(O)COC2CO2)cc1)c1ccc(OC2CO2)cc1. The number of benzene rings is 2. The number of epoxide rings is 2. The average molecular weight is 386 g/mol. The van der Waals surface area contributed by atoms with Crippen LogP contribution in [-0.4, -0.2) is 50.2 Å². The van der Waals surface area contributed by atoms with Crippen LogP contribution in [0.25, 0.3) is 0 Å². The highest BCUT2D eigenvalue weighted by Gasteiger charge is 2.26. The zero-order chi connectivity index (χ0) is 19.6. The molecule has 2 aromatic carbocycles. The smallest absolute Gasteiger partial charge is 0.223 e. The monoisotopic (exact) mass is 386 g/mol. The van der Waals surface area contributed by atoms with Crippen LogP contribution in [0.15, 0.2) is 48.5 Å². The maximum Gasteiger partial charge on any atom is 0.223 e. The quantitative estimate of drug-likeness (QED) is 0.633. The van der Waals surface area contributed by atoms with Crippen molar-refractivity contribution in [3.05, 3.63) is 59.7 Å². The first-order valence-corrected chi connectivity index (χ1v) is 9.54. The second-order valence-corrected chi connectivity index (χ2v) is 7.62. The van der Waals surface area contributed by atoms with Gasteiger partial charge in [0.25, 0.3) is 0 Å². The first kappa shape index (κ1) is 19.2. The Balaban J connectivity index is 1.33. The molecule has 3 atom stereocenters. The van der Waals surface area contributed by atoms with Crippen LogP contribution < -0.4 is 9.47 Å². The van der Waals surface area contributed by atoms with E-state index >= 15 is 0 Å². The van der Waals surface area contributed by atoms with Crippen LogP contribution in [0, 0.1) is 0 Å². The summed E-state index contributed by atoms with van der Waals surface area (Å²) in [4.78, 5) is 0. The molecule has 6 nitrogen and oxygen atoms in total. The van der Waals surface area contributed by atoms with Crippen molar-refractivity contribution >= 4 is 0 Å². The predicted octanol–water partition coefficient (Wildman–Crippen LogP) is 2.86. The summed E-state index contributed by atoms with van der Waals surface area (Å²) >= 11 is 0. The lowest BCUT2D eigenvalue weighted by molar-refractivity contribution is -0.0235. The number of rotatable bonds is 10. The fraction of sp³-hybridized carbons (Fsp3) is 0.455. The highest BCUT2D eigenvalue weighted by molar-refractivity contribution is 5.41. The van der Waals surface area contributed by atoms with E-state index in [2.05, 4.69) is 38.1 Å². The third-order valence-corrected chi connectivity index (χ3v) is 4.94. The van der Waals surface area contributed by atoms with Crippen molar-refractivity contribution < 1.29 is 28.8 Å². The summed E-state index contributed by atoms with van der Waals surface area (Å²) in [5.74, 6) is 1.54. The largest absolute Gasteiger partial charge is 0.491 e. The summed E-state index contributed by atoms with van der Waals surface area (Å²) < 4.78 is 26.6. The van der Waals surface area contributed by atoms with Gasteiger partial charge in [0.1, 0.15) is 37.4 Å². The maximum atomic E-state index is 9.88. The molecule has 2 aliphatic heterocycles. The van der Waals surface area contributed by atoms with Crippen molar-refractivity contribution in [1.29, 1.82) is 0 Å². The molecular formula is C22H26O6. The number of aliphatic hydroxyl groups excluding tert-OH is 1. The molecule has 150 valence electrons. The molecule has 2 aliphatic rings. The van der Waals surface area contributed by atoms with E-state index in [4.69, 9.17) is 23.7 Å². The van der Waals surface area contributed by atoms with Crippen molar-refractivity contribution in [2.45, 2.75) is 37.9 Å². The van der Waals surface area contributed by atoms with Crippen molar-refractivity contribution in [2.75, 3.05) is 26.4 Å². The molecule has 0 spiro atoms. The Bertz CT molecular complexity index is 763. The summed E-state index contributed by atoms with van der Waals surface area (Å²) in [6, 6.07) is 16.1. The molecule has 2 aromatic rings. The Morgan fingerprint density at radius 1 is 0.893 bits per heavy atom. The lowest BCUT2D eigenvalue weighted by Crippen LogP contribution is -2.24. The molecular weight excluding hydrogens is 360 g/mol. The van der Waals surface area contributed by atoms with Gasteiger partial charge in [-0.3, -0.25) is 0 Å². The minimum Gasteiger partial charge on any atom is -0.491 e. The van der Waals surface area contributed by atoms with Crippen molar-refractivity contribution in [3.8, 4) is 11.5 Å². The van der Waals surface area contributed by atoms with E-state index in [-0.39, 0.29) is 31.2 Å². The van der Waals surface area contributed by atoms with Crippen LogP contribution in [0.1, 0.15) is 25.0 Å². The third-order valence-electron chi connectivity index (χ3n) is 4.94. The van der Waals surface area contributed by atoms with Gasteiger partial charge in [0.2, 0.25) is 6.29 Å². The van der Waals surface area contributed by atoms with Gasteiger partial charge in [0, 0.05) is 5.41 Å². The Morgan fingerprint density at radius 2 is 1.43 bits per heavy atom. The molecule has 0 radical (unpaired) electrons. The zero-order valence-electron chi connectivity index (χ0n) is 16.2. The van der Waals surface area contributed by atoms with E-state index < -0.39 is 6.10 Å². The fourth-order valence-electron chi connectivity index (χ4n) is 2.94. The van der Waals surface area contributed by atoms with E-state index in [1.807, 2.05) is 24.3 Å². The van der Waals surface area contributed by atoms with E-state index in [1.165, 1.54) is 11.1 Å². The number of aliphatic hydroxyl groups is 1. The summed E-state index contributed by atoms with van der Waals surface area (Å²) in [6.07, 6.45) is -0.917. The Labute approximate surface area is 164 Å². The van der Waals surface area contributed by atoms with Crippen LogP contribution in [-0.2, 0) is 19.6 Å². The van der Waals surface area contributed by atoms with Gasteiger partial charge in [-0.05, 0) is 35.4 Å². The minimum absolute atomic E-state index is 0.0847. The molecule has 2 fully saturated rings. The molecule has 4 rings (SSSR count). The minimum atomic E-state index is -0.679. The van der Waals surface area contributed by atoms with E-state index in [1.54, 1.807) is 0 Å². The van der Waals surface area contributed by atoms with Gasteiger partial charge in [-0.15, -0.1) is 0 Å². The van der Waals surface area contributed by atoms with Gasteiger partial charge < -0.3 is 28.8 Å². The van der Waals surface area contributed by atoms with E-state index in [9.17, 15) is 5.11 Å². The van der Waals surface area contributed by atoms with Crippen molar-refractivity contribution in [3.63, 3.8) is 0 Å². The lowest BCUT2D eigenvalue weighted by Gasteiger charge is -2.26. The molecule has 3 unspecified atom stereocenters. The topological polar surface area (TPSA) is 73.0 Å². The highest BCUT2D eigenvalue weighted by atomic mass is 16.8. The van der Waals surface area contributed by atoms with E-state index in [0.29, 0.717) is 13.2 Å². The first-order valence-electron chi connectivity index (χ1n) is 9.54. The molecule has 2 saturated heterocycles. The molecule has 0 aromatic heterocycles. The standard InChI is InChI=1S/C22H26O6/c1-22(2,16-5-9-19(10-6-16)28-21-14-27-21)15-3-7-18(8-4-15)24-11-17(23)12-25-20-13-26-20/h3-10,17,20-21,23H,11-14H2,1-2H3. The van der Waals surface area contributed by atoms with Crippen LogP contribution in [0.4, 0.5) is 0 Å². The van der Waals surface area contributed by atoms with Gasteiger partial charge in [0.05, 0.1) is 6.61 Å². The Hall–Kier alpha value is -2.12. The second-order valence-electron chi connectivity index (χ2n) is 7.62. The van der Waals surface area contributed by atoms with Gasteiger partial charge >= 0.3 is 0 Å². The van der Waals surface area contributed by atoms with Gasteiger partial charge in [-0.2, -0.15) is 0 Å². The Kier molecular flexibility index (Phi) is 5.55. The summed E-state index contributed by atoms with van der Waals surface area (Å²) in [5.41, 5.74) is 2.21. The second kappa shape index (κ2) is 8.09. The lowest BCUT2D eigenvalue weighted by atomic mass is 9.78. The van der Waals surface area contributed by atoms with Crippen molar-refractivity contribution in [2.24, 2.45) is 0 Å². The van der Waals surface area contributed by atoms with E-state index in [0.717, 1.165) is 11.5 Å². The summed E-state index contributed by atoms with van der Waals surface area (Å²) in [6.45, 7) is 6.04. The molecule has 2 heterocycles.